The van der Waals surface area contributed by atoms with E-state index in [1.807, 2.05) is 31.3 Å². The zero-order chi connectivity index (χ0) is 22.4. The standard InChI is InChI=1S/C24H22F2N4O2/c1-14-12-29(24(32)15-8-16(25)10-17(26)9-15)7-5-19(14)21-11-22(30(13-31)18-2-3-18)28-23-20(21)4-6-27-23/h4-6,8-11,13-14,18H,2-3,7,12H2,1H3,(H,27,28). The molecule has 2 aliphatic rings. The first-order valence-corrected chi connectivity index (χ1v) is 10.6. The van der Waals surface area contributed by atoms with Crippen molar-refractivity contribution in [2.24, 2.45) is 5.92 Å². The van der Waals surface area contributed by atoms with E-state index in [-0.39, 0.29) is 17.5 Å². The van der Waals surface area contributed by atoms with Crippen LogP contribution in [0.2, 0.25) is 0 Å². The zero-order valence-electron chi connectivity index (χ0n) is 17.5. The average Bonchev–Trinajstić information content (AvgIpc) is 3.48. The minimum Gasteiger partial charge on any atom is -0.346 e. The Morgan fingerprint density at radius 1 is 1.22 bits per heavy atom. The summed E-state index contributed by atoms with van der Waals surface area (Å²) < 4.78 is 27.1. The molecule has 3 aromatic rings. The monoisotopic (exact) mass is 436 g/mol. The molecule has 1 saturated carbocycles. The second kappa shape index (κ2) is 7.85. The van der Waals surface area contributed by atoms with Gasteiger partial charge in [0.15, 0.2) is 0 Å². The van der Waals surface area contributed by atoms with Gasteiger partial charge in [-0.15, -0.1) is 0 Å². The topological polar surface area (TPSA) is 69.3 Å². The van der Waals surface area contributed by atoms with Crippen molar-refractivity contribution < 1.29 is 18.4 Å². The van der Waals surface area contributed by atoms with Gasteiger partial charge in [0, 0.05) is 42.3 Å². The molecule has 1 fully saturated rings. The number of fused-ring (bicyclic) bond motifs is 1. The SMILES string of the molecule is CC1CN(C(=O)c2cc(F)cc(F)c2)CC=C1c1cc(N(C=O)C2CC2)nc2[nH]ccc12. The minimum absolute atomic E-state index is 0.00293. The van der Waals surface area contributed by atoms with E-state index in [1.54, 1.807) is 9.80 Å². The highest BCUT2D eigenvalue weighted by atomic mass is 19.1. The molecule has 1 unspecified atom stereocenters. The molecule has 0 saturated heterocycles. The number of aromatic amines is 1. The molecule has 8 heteroatoms. The lowest BCUT2D eigenvalue weighted by molar-refractivity contribution is -0.107. The van der Waals surface area contributed by atoms with E-state index in [0.717, 1.165) is 54.0 Å². The molecule has 1 aliphatic carbocycles. The van der Waals surface area contributed by atoms with E-state index >= 15 is 0 Å². The Balaban J connectivity index is 1.48. The zero-order valence-corrected chi connectivity index (χ0v) is 17.5. The van der Waals surface area contributed by atoms with E-state index in [2.05, 4.69) is 9.97 Å². The maximum atomic E-state index is 13.6. The summed E-state index contributed by atoms with van der Waals surface area (Å²) in [5.41, 5.74) is 2.72. The maximum absolute atomic E-state index is 13.6. The second-order valence-corrected chi connectivity index (χ2v) is 8.44. The number of H-pyrrole nitrogens is 1. The largest absolute Gasteiger partial charge is 0.346 e. The molecular formula is C24H22F2N4O2. The molecule has 32 heavy (non-hydrogen) atoms. The predicted molar refractivity (Wildman–Crippen MR) is 117 cm³/mol. The summed E-state index contributed by atoms with van der Waals surface area (Å²) in [4.78, 5) is 35.5. The molecule has 5 rings (SSSR count). The molecule has 6 nitrogen and oxygen atoms in total. The summed E-state index contributed by atoms with van der Waals surface area (Å²) in [6.07, 6.45) is 6.55. The Kier molecular flexibility index (Phi) is 5.00. The van der Waals surface area contributed by atoms with Crippen molar-refractivity contribution in [1.29, 1.82) is 0 Å². The van der Waals surface area contributed by atoms with Crippen LogP contribution in [0.1, 0.15) is 35.7 Å². The normalized spacial score (nSPS) is 18.5. The fraction of sp³-hybridized carbons (Fsp3) is 0.292. The number of hydrogen-bond donors (Lipinski definition) is 1. The third kappa shape index (κ3) is 3.66. The third-order valence-electron chi connectivity index (χ3n) is 6.10. The van der Waals surface area contributed by atoms with Gasteiger partial charge in [0.2, 0.25) is 6.41 Å². The first-order valence-electron chi connectivity index (χ1n) is 10.6. The molecule has 0 radical (unpaired) electrons. The van der Waals surface area contributed by atoms with Crippen LogP contribution in [0.5, 0.6) is 0 Å². The summed E-state index contributed by atoms with van der Waals surface area (Å²) in [6, 6.07) is 6.94. The summed E-state index contributed by atoms with van der Waals surface area (Å²) in [5.74, 6) is -1.37. The van der Waals surface area contributed by atoms with E-state index < -0.39 is 17.5 Å². The van der Waals surface area contributed by atoms with Crippen molar-refractivity contribution >= 4 is 34.7 Å². The van der Waals surface area contributed by atoms with E-state index in [0.29, 0.717) is 24.6 Å². The summed E-state index contributed by atoms with van der Waals surface area (Å²) in [6.45, 7) is 2.74. The first kappa shape index (κ1) is 20.4. The van der Waals surface area contributed by atoms with E-state index in [4.69, 9.17) is 0 Å². The van der Waals surface area contributed by atoms with Gasteiger partial charge in [0.25, 0.3) is 5.91 Å². The van der Waals surface area contributed by atoms with Gasteiger partial charge in [0.1, 0.15) is 23.1 Å². The predicted octanol–water partition coefficient (Wildman–Crippen LogP) is 4.14. The van der Waals surface area contributed by atoms with E-state index in [9.17, 15) is 18.4 Å². The molecule has 1 aliphatic heterocycles. The van der Waals surface area contributed by atoms with Crippen LogP contribution in [0, 0.1) is 17.6 Å². The molecule has 0 bridgehead atoms. The number of benzene rings is 1. The fourth-order valence-electron chi connectivity index (χ4n) is 4.39. The third-order valence-corrected chi connectivity index (χ3v) is 6.10. The first-order chi connectivity index (χ1) is 15.4. The van der Waals surface area contributed by atoms with E-state index in [1.165, 1.54) is 0 Å². The number of pyridine rings is 1. The van der Waals surface area contributed by atoms with Crippen LogP contribution in [0.25, 0.3) is 16.6 Å². The highest BCUT2D eigenvalue weighted by molar-refractivity contribution is 5.97. The van der Waals surface area contributed by atoms with Crippen molar-refractivity contribution in [1.82, 2.24) is 14.9 Å². The van der Waals surface area contributed by atoms with Crippen LogP contribution in [0.3, 0.4) is 0 Å². The Morgan fingerprint density at radius 3 is 2.62 bits per heavy atom. The van der Waals surface area contributed by atoms with Gasteiger partial charge in [-0.25, -0.2) is 13.8 Å². The number of amides is 2. The maximum Gasteiger partial charge on any atom is 0.254 e. The number of nitrogens with one attached hydrogen (secondary N) is 1. The highest BCUT2D eigenvalue weighted by Gasteiger charge is 2.31. The van der Waals surface area contributed by atoms with Gasteiger partial charge in [-0.2, -0.15) is 0 Å². The number of halogens is 2. The van der Waals surface area contributed by atoms with Crippen LogP contribution in [0.4, 0.5) is 14.6 Å². The Labute approximate surface area is 183 Å². The van der Waals surface area contributed by atoms with Gasteiger partial charge < -0.3 is 9.88 Å². The molecular weight excluding hydrogens is 414 g/mol. The van der Waals surface area contributed by atoms with Gasteiger partial charge in [0.05, 0.1) is 0 Å². The molecule has 0 spiro atoms. The molecule has 1 atom stereocenters. The average molecular weight is 436 g/mol. The van der Waals surface area contributed by atoms with Crippen LogP contribution >= 0.6 is 0 Å². The summed E-state index contributed by atoms with van der Waals surface area (Å²) >= 11 is 0. The lowest BCUT2D eigenvalue weighted by Crippen LogP contribution is -2.38. The smallest absolute Gasteiger partial charge is 0.254 e. The van der Waals surface area contributed by atoms with Crippen molar-refractivity contribution in [3.05, 3.63) is 65.4 Å². The number of hydrogen-bond acceptors (Lipinski definition) is 3. The molecule has 3 heterocycles. The second-order valence-electron chi connectivity index (χ2n) is 8.44. The summed E-state index contributed by atoms with van der Waals surface area (Å²) in [7, 11) is 0. The molecule has 1 aromatic carbocycles. The van der Waals surface area contributed by atoms with Crippen molar-refractivity contribution in [2.45, 2.75) is 25.8 Å². The lowest BCUT2D eigenvalue weighted by atomic mass is 9.89. The van der Waals surface area contributed by atoms with Crippen molar-refractivity contribution in [2.75, 3.05) is 18.0 Å². The fourth-order valence-corrected chi connectivity index (χ4v) is 4.39. The van der Waals surface area contributed by atoms with Crippen LogP contribution in [-0.2, 0) is 4.79 Å². The number of carbonyl (C=O) groups is 2. The number of rotatable bonds is 5. The number of anilines is 1. The number of nitrogens with zero attached hydrogens (tertiary/aromatic N) is 3. The molecule has 2 aromatic heterocycles. The van der Waals surface area contributed by atoms with Crippen molar-refractivity contribution in [3.8, 4) is 0 Å². The van der Waals surface area contributed by atoms with Gasteiger partial charge in [-0.05, 0) is 54.2 Å². The molecule has 1 N–H and O–H groups in total. The van der Waals surface area contributed by atoms with Gasteiger partial charge >= 0.3 is 0 Å². The van der Waals surface area contributed by atoms with Crippen LogP contribution in [-0.4, -0.2) is 46.3 Å². The van der Waals surface area contributed by atoms with Crippen LogP contribution < -0.4 is 4.90 Å². The summed E-state index contributed by atoms with van der Waals surface area (Å²) in [5, 5.41) is 0.945. The van der Waals surface area contributed by atoms with Gasteiger partial charge in [-0.1, -0.05) is 13.0 Å². The Hall–Kier alpha value is -3.55. The molecule has 2 amide bonds. The minimum atomic E-state index is -0.774. The number of aromatic nitrogens is 2. The Bertz CT molecular complexity index is 1230. The lowest BCUT2D eigenvalue weighted by Gasteiger charge is -2.32. The van der Waals surface area contributed by atoms with Crippen LogP contribution in [0.15, 0.2) is 42.6 Å². The molecule has 164 valence electrons. The number of carbonyl (C=O) groups excluding carboxylic acids is 2. The van der Waals surface area contributed by atoms with Crippen molar-refractivity contribution in [3.63, 3.8) is 0 Å². The van der Waals surface area contributed by atoms with Gasteiger partial charge in [-0.3, -0.25) is 14.5 Å². The Morgan fingerprint density at radius 2 is 1.97 bits per heavy atom. The highest BCUT2D eigenvalue weighted by Crippen LogP contribution is 2.37. The quantitative estimate of drug-likeness (QED) is 0.611.